The van der Waals surface area contributed by atoms with Crippen molar-refractivity contribution in [3.05, 3.63) is 72.1 Å². The van der Waals surface area contributed by atoms with Crippen LogP contribution >= 0.6 is 0 Å². The van der Waals surface area contributed by atoms with E-state index in [1.165, 1.54) is 11.3 Å². The fourth-order valence-electron chi connectivity index (χ4n) is 3.57. The third-order valence-electron chi connectivity index (χ3n) is 5.23. The van der Waals surface area contributed by atoms with Gasteiger partial charge >= 0.3 is 0 Å². The molecule has 0 spiro atoms. The first-order valence-corrected chi connectivity index (χ1v) is 9.17. The van der Waals surface area contributed by atoms with Crippen molar-refractivity contribution >= 4 is 11.5 Å². The van der Waals surface area contributed by atoms with Crippen LogP contribution in [0, 0.1) is 12.8 Å². The van der Waals surface area contributed by atoms with E-state index in [9.17, 15) is 4.79 Å². The molecule has 1 aliphatic heterocycles. The summed E-state index contributed by atoms with van der Waals surface area (Å²) in [6, 6.07) is 16.4. The molecule has 1 saturated heterocycles. The van der Waals surface area contributed by atoms with E-state index >= 15 is 0 Å². The molecule has 0 aromatic heterocycles. The van der Waals surface area contributed by atoms with Crippen molar-refractivity contribution in [2.75, 3.05) is 18.0 Å². The first kappa shape index (κ1) is 17.7. The van der Waals surface area contributed by atoms with Gasteiger partial charge in [0.1, 0.15) is 0 Å². The lowest BCUT2D eigenvalue weighted by Crippen LogP contribution is -2.36. The van der Waals surface area contributed by atoms with Gasteiger partial charge in [-0.2, -0.15) is 0 Å². The van der Waals surface area contributed by atoms with Gasteiger partial charge in [-0.25, -0.2) is 0 Å². The number of carbonyl (C=O) groups excluding carboxylic acids is 1. The summed E-state index contributed by atoms with van der Waals surface area (Å²) in [4.78, 5) is 15.2. The summed E-state index contributed by atoms with van der Waals surface area (Å²) in [5.41, 5.74) is 4.50. The quantitative estimate of drug-likeness (QED) is 0.713. The number of anilines is 1. The van der Waals surface area contributed by atoms with E-state index in [0.29, 0.717) is 5.78 Å². The van der Waals surface area contributed by atoms with E-state index in [1.807, 2.05) is 24.3 Å². The summed E-state index contributed by atoms with van der Waals surface area (Å²) in [7, 11) is 0. The molecule has 0 aliphatic carbocycles. The fraction of sp³-hybridized carbons (Fsp3) is 0.391. The van der Waals surface area contributed by atoms with Crippen LogP contribution in [0.2, 0.25) is 0 Å². The van der Waals surface area contributed by atoms with Gasteiger partial charge in [-0.1, -0.05) is 63.2 Å². The molecular weight excluding hydrogens is 306 g/mol. The third-order valence-corrected chi connectivity index (χ3v) is 5.23. The van der Waals surface area contributed by atoms with Gasteiger partial charge in [0.15, 0.2) is 5.78 Å². The largest absolute Gasteiger partial charge is 0.371 e. The zero-order chi connectivity index (χ0) is 18.0. The lowest BCUT2D eigenvalue weighted by molar-refractivity contribution is 0.0900. The van der Waals surface area contributed by atoms with Gasteiger partial charge in [-0.3, -0.25) is 4.79 Å². The van der Waals surface area contributed by atoms with Crippen molar-refractivity contribution in [1.29, 1.82) is 0 Å². The fourth-order valence-corrected chi connectivity index (χ4v) is 3.57. The van der Waals surface area contributed by atoms with Gasteiger partial charge in [0.25, 0.3) is 0 Å². The number of hydrogen-bond acceptors (Lipinski definition) is 2. The lowest BCUT2D eigenvalue weighted by Gasteiger charge is -2.34. The van der Waals surface area contributed by atoms with Crippen LogP contribution in [0.3, 0.4) is 0 Å². The van der Waals surface area contributed by atoms with E-state index in [0.717, 1.165) is 37.1 Å². The molecule has 1 fully saturated rings. The molecular formula is C23H28NO. The molecule has 1 heterocycles. The van der Waals surface area contributed by atoms with Crippen LogP contribution in [0.1, 0.15) is 55.1 Å². The number of para-hydroxylation sites is 1. The summed E-state index contributed by atoms with van der Waals surface area (Å²) < 4.78 is 0. The van der Waals surface area contributed by atoms with Gasteiger partial charge in [0.05, 0.1) is 0 Å². The normalized spacial score (nSPS) is 16.1. The van der Waals surface area contributed by atoms with Crippen LogP contribution in [0.4, 0.5) is 5.69 Å². The molecule has 1 radical (unpaired) electrons. The predicted molar refractivity (Wildman–Crippen MR) is 105 cm³/mol. The maximum absolute atomic E-state index is 12.8. The summed E-state index contributed by atoms with van der Waals surface area (Å²) in [5, 5.41) is 0. The van der Waals surface area contributed by atoms with Crippen molar-refractivity contribution in [2.24, 2.45) is 5.92 Å². The molecule has 131 valence electrons. The molecule has 25 heavy (non-hydrogen) atoms. The predicted octanol–water partition coefficient (Wildman–Crippen LogP) is 5.27. The van der Waals surface area contributed by atoms with Gasteiger partial charge in [0, 0.05) is 30.3 Å². The molecule has 2 aromatic carbocycles. The Bertz CT molecular complexity index is 731. The zero-order valence-corrected chi connectivity index (χ0v) is 15.6. The highest BCUT2D eigenvalue weighted by Crippen LogP contribution is 2.28. The Morgan fingerprint density at radius 1 is 1.00 bits per heavy atom. The Morgan fingerprint density at radius 2 is 1.60 bits per heavy atom. The van der Waals surface area contributed by atoms with E-state index in [4.69, 9.17) is 0 Å². The minimum absolute atomic E-state index is 0.120. The molecule has 0 unspecified atom stereocenters. The first-order valence-electron chi connectivity index (χ1n) is 9.17. The Kier molecular flexibility index (Phi) is 4.99. The third kappa shape index (κ3) is 3.95. The number of ketones is 1. The van der Waals surface area contributed by atoms with E-state index in [-0.39, 0.29) is 11.3 Å². The SMILES string of the molecule is [CH2]c1ccccc1N1CCC(C(=O)c2ccc(C(C)(C)C)cc2)CC1. The molecule has 0 bridgehead atoms. The lowest BCUT2D eigenvalue weighted by atomic mass is 9.84. The van der Waals surface area contributed by atoms with E-state index in [1.54, 1.807) is 0 Å². The van der Waals surface area contributed by atoms with Gasteiger partial charge in [-0.05, 0) is 42.4 Å². The highest BCUT2D eigenvalue weighted by molar-refractivity contribution is 5.98. The van der Waals surface area contributed by atoms with Crippen molar-refractivity contribution in [3.8, 4) is 0 Å². The molecule has 2 aromatic rings. The van der Waals surface area contributed by atoms with Crippen molar-refractivity contribution < 1.29 is 4.79 Å². The highest BCUT2D eigenvalue weighted by atomic mass is 16.1. The molecule has 0 saturated carbocycles. The molecule has 2 nitrogen and oxygen atoms in total. The molecule has 2 heteroatoms. The second kappa shape index (κ2) is 7.03. The molecule has 3 rings (SSSR count). The van der Waals surface area contributed by atoms with Crippen LogP contribution < -0.4 is 4.90 Å². The number of Topliss-reactive ketones (excluding diaryl/α,β-unsaturated/α-hetero) is 1. The first-order chi connectivity index (χ1) is 11.9. The number of hydrogen-bond donors (Lipinski definition) is 0. The molecule has 0 N–H and O–H groups in total. The second-order valence-electron chi connectivity index (χ2n) is 8.08. The van der Waals surface area contributed by atoms with Crippen molar-refractivity contribution in [3.63, 3.8) is 0 Å². The van der Waals surface area contributed by atoms with E-state index in [2.05, 4.69) is 56.9 Å². The van der Waals surface area contributed by atoms with Crippen molar-refractivity contribution in [2.45, 2.75) is 39.0 Å². The molecule has 0 atom stereocenters. The van der Waals surface area contributed by atoms with Crippen LogP contribution in [-0.2, 0) is 5.41 Å². The Morgan fingerprint density at radius 3 is 2.16 bits per heavy atom. The summed E-state index contributed by atoms with van der Waals surface area (Å²) in [5.74, 6) is 0.428. The maximum atomic E-state index is 12.8. The van der Waals surface area contributed by atoms with Crippen LogP contribution in [0.25, 0.3) is 0 Å². The Hall–Kier alpha value is -2.09. The number of piperidine rings is 1. The summed E-state index contributed by atoms with van der Waals surface area (Å²) >= 11 is 0. The average Bonchev–Trinajstić information content (AvgIpc) is 2.61. The monoisotopic (exact) mass is 334 g/mol. The second-order valence-corrected chi connectivity index (χ2v) is 8.08. The Labute approximate surface area is 151 Å². The number of rotatable bonds is 3. The van der Waals surface area contributed by atoms with Crippen LogP contribution in [0.5, 0.6) is 0 Å². The number of carbonyl (C=O) groups is 1. The molecule has 1 aliphatic rings. The average molecular weight is 334 g/mol. The number of benzene rings is 2. The van der Waals surface area contributed by atoms with Gasteiger partial charge in [0.2, 0.25) is 0 Å². The standard InChI is InChI=1S/C23H28NO/c1-17-7-5-6-8-21(17)24-15-13-19(14-16-24)22(25)18-9-11-20(12-10-18)23(2,3)4/h5-12,19H,1,13-16H2,2-4H3. The minimum atomic E-state index is 0.120. The summed E-state index contributed by atoms with van der Waals surface area (Å²) in [6.07, 6.45) is 1.82. The maximum Gasteiger partial charge on any atom is 0.166 e. The summed E-state index contributed by atoms with van der Waals surface area (Å²) in [6.45, 7) is 12.5. The topological polar surface area (TPSA) is 20.3 Å². The van der Waals surface area contributed by atoms with Gasteiger partial charge < -0.3 is 4.90 Å². The minimum Gasteiger partial charge on any atom is -0.371 e. The number of nitrogens with zero attached hydrogens (tertiary/aromatic N) is 1. The van der Waals surface area contributed by atoms with Crippen molar-refractivity contribution in [1.82, 2.24) is 0 Å². The molecule has 0 amide bonds. The zero-order valence-electron chi connectivity index (χ0n) is 15.6. The smallest absolute Gasteiger partial charge is 0.166 e. The van der Waals surface area contributed by atoms with Gasteiger partial charge in [-0.15, -0.1) is 0 Å². The Balaban J connectivity index is 1.65. The van der Waals surface area contributed by atoms with E-state index < -0.39 is 0 Å². The van der Waals surface area contributed by atoms with Crippen LogP contribution in [-0.4, -0.2) is 18.9 Å². The highest BCUT2D eigenvalue weighted by Gasteiger charge is 2.26. The van der Waals surface area contributed by atoms with Crippen LogP contribution in [0.15, 0.2) is 48.5 Å².